The van der Waals surface area contributed by atoms with Crippen LogP contribution >= 0.6 is 0 Å². The third kappa shape index (κ3) is 5.26. The van der Waals surface area contributed by atoms with Gasteiger partial charge >= 0.3 is 6.18 Å². The summed E-state index contributed by atoms with van der Waals surface area (Å²) in [5.41, 5.74) is 1.83. The second kappa shape index (κ2) is 8.12. The van der Waals surface area contributed by atoms with Crippen molar-refractivity contribution in [2.24, 2.45) is 0 Å². The molecular weight excluding hydrogens is 405 g/mol. The number of sulfonamides is 1. The topological polar surface area (TPSA) is 68.3 Å². The van der Waals surface area contributed by atoms with Gasteiger partial charge in [0.05, 0.1) is 10.6 Å². The molecule has 0 amide bonds. The third-order valence-electron chi connectivity index (χ3n) is 4.01. The van der Waals surface area contributed by atoms with Crippen molar-refractivity contribution in [3.05, 3.63) is 72.6 Å². The van der Waals surface area contributed by atoms with Gasteiger partial charge in [-0.2, -0.15) is 13.2 Å². The monoisotopic (exact) mass is 422 g/mol. The summed E-state index contributed by atoms with van der Waals surface area (Å²) in [6.45, 7) is 0.283. The van der Waals surface area contributed by atoms with Gasteiger partial charge in [-0.05, 0) is 42.8 Å². The molecule has 0 aliphatic rings. The van der Waals surface area contributed by atoms with Crippen LogP contribution in [0.4, 0.5) is 18.9 Å². The summed E-state index contributed by atoms with van der Waals surface area (Å²) in [6, 6.07) is 13.5. The Hall–Kier alpha value is -3.07. The Labute approximate surface area is 166 Å². The largest absolute Gasteiger partial charge is 0.483 e. The Bertz CT molecular complexity index is 1100. The van der Waals surface area contributed by atoms with Crippen molar-refractivity contribution >= 4 is 15.7 Å². The summed E-state index contributed by atoms with van der Waals surface area (Å²) in [6.07, 6.45) is -1.46. The number of halogens is 3. The summed E-state index contributed by atoms with van der Waals surface area (Å²) in [5, 5.41) is 0. The molecule has 0 spiro atoms. The Kier molecular flexibility index (Phi) is 5.78. The summed E-state index contributed by atoms with van der Waals surface area (Å²) in [5.74, 6) is -0.105. The number of nitrogens with one attached hydrogen (secondary N) is 1. The number of aryl methyl sites for hydroxylation is 1. The quantitative estimate of drug-likeness (QED) is 0.620. The van der Waals surface area contributed by atoms with E-state index in [1.54, 1.807) is 37.4 Å². The molecule has 0 saturated heterocycles. The van der Waals surface area contributed by atoms with E-state index in [9.17, 15) is 21.6 Å². The smallest absolute Gasteiger partial charge is 0.422 e. The highest BCUT2D eigenvalue weighted by Crippen LogP contribution is 2.35. The molecule has 1 aromatic heterocycles. The Balaban J connectivity index is 1.99. The van der Waals surface area contributed by atoms with Gasteiger partial charge in [0.2, 0.25) is 0 Å². The van der Waals surface area contributed by atoms with Crippen LogP contribution in [0.5, 0.6) is 5.75 Å². The van der Waals surface area contributed by atoms with E-state index >= 15 is 0 Å². The molecule has 1 N–H and O–H groups in total. The highest BCUT2D eigenvalue weighted by Gasteiger charge is 2.29. The SMILES string of the molecule is Cc1ccncc1-c1ccc(NS(=O)(=O)c2ccccc2)cc1OCC(F)(F)F. The first-order valence-corrected chi connectivity index (χ1v) is 9.96. The number of aromatic nitrogens is 1. The highest BCUT2D eigenvalue weighted by molar-refractivity contribution is 7.92. The number of nitrogens with zero attached hydrogens (tertiary/aromatic N) is 1. The molecule has 152 valence electrons. The fourth-order valence-corrected chi connectivity index (χ4v) is 3.72. The maximum atomic E-state index is 12.7. The zero-order valence-corrected chi connectivity index (χ0v) is 16.1. The number of pyridine rings is 1. The number of benzene rings is 2. The van der Waals surface area contributed by atoms with Crippen molar-refractivity contribution in [3.63, 3.8) is 0 Å². The van der Waals surface area contributed by atoms with Crippen LogP contribution in [0.2, 0.25) is 0 Å². The molecule has 0 atom stereocenters. The Morgan fingerprint density at radius 1 is 1.03 bits per heavy atom. The molecule has 1 heterocycles. The van der Waals surface area contributed by atoms with Crippen LogP contribution in [0.3, 0.4) is 0 Å². The Morgan fingerprint density at radius 2 is 1.76 bits per heavy atom. The van der Waals surface area contributed by atoms with Crippen molar-refractivity contribution < 1.29 is 26.3 Å². The lowest BCUT2D eigenvalue weighted by molar-refractivity contribution is -0.153. The normalized spacial score (nSPS) is 11.9. The minimum absolute atomic E-state index is 0.0324. The summed E-state index contributed by atoms with van der Waals surface area (Å²) >= 11 is 0. The van der Waals surface area contributed by atoms with Gasteiger partial charge in [-0.1, -0.05) is 18.2 Å². The van der Waals surface area contributed by atoms with Crippen molar-refractivity contribution in [1.82, 2.24) is 4.98 Å². The van der Waals surface area contributed by atoms with Gasteiger partial charge in [0, 0.05) is 29.6 Å². The molecule has 0 bridgehead atoms. The van der Waals surface area contributed by atoms with E-state index in [4.69, 9.17) is 4.74 Å². The standard InChI is InChI=1S/C20H17F3N2O3S/c1-14-9-10-24-12-18(14)17-8-7-15(11-19(17)28-13-20(21,22)23)25-29(26,27)16-5-3-2-4-6-16/h2-12,25H,13H2,1H3. The second-order valence-corrected chi connectivity index (χ2v) is 7.91. The van der Waals surface area contributed by atoms with E-state index in [0.29, 0.717) is 11.1 Å². The van der Waals surface area contributed by atoms with Gasteiger partial charge in [0.25, 0.3) is 10.0 Å². The van der Waals surface area contributed by atoms with Crippen molar-refractivity contribution in [2.75, 3.05) is 11.3 Å². The molecule has 2 aromatic carbocycles. The maximum absolute atomic E-state index is 12.7. The molecule has 29 heavy (non-hydrogen) atoms. The number of hydrogen-bond acceptors (Lipinski definition) is 4. The summed E-state index contributed by atoms with van der Waals surface area (Å²) in [4.78, 5) is 4.04. The molecule has 3 rings (SSSR count). The van der Waals surface area contributed by atoms with E-state index in [2.05, 4.69) is 9.71 Å². The highest BCUT2D eigenvalue weighted by atomic mass is 32.2. The molecule has 0 saturated carbocycles. The molecule has 5 nitrogen and oxygen atoms in total. The molecule has 0 fully saturated rings. The van der Waals surface area contributed by atoms with Crippen LogP contribution in [0.15, 0.2) is 71.9 Å². The minimum Gasteiger partial charge on any atom is -0.483 e. The lowest BCUT2D eigenvalue weighted by Gasteiger charge is -2.16. The number of anilines is 1. The first-order valence-electron chi connectivity index (χ1n) is 8.48. The van der Waals surface area contributed by atoms with Gasteiger partial charge in [0.1, 0.15) is 5.75 Å². The molecule has 3 aromatic rings. The predicted molar refractivity (Wildman–Crippen MR) is 103 cm³/mol. The molecular formula is C20H17F3N2O3S. The van der Waals surface area contributed by atoms with E-state index in [0.717, 1.165) is 5.56 Å². The molecule has 9 heteroatoms. The summed E-state index contributed by atoms with van der Waals surface area (Å²) < 4.78 is 70.4. The van der Waals surface area contributed by atoms with Crippen LogP contribution in [0.1, 0.15) is 5.56 Å². The van der Waals surface area contributed by atoms with Gasteiger partial charge in [-0.3, -0.25) is 9.71 Å². The zero-order valence-electron chi connectivity index (χ0n) is 15.3. The fourth-order valence-electron chi connectivity index (χ4n) is 2.65. The number of rotatable bonds is 6. The zero-order chi connectivity index (χ0) is 21.1. The van der Waals surface area contributed by atoms with E-state index in [-0.39, 0.29) is 16.3 Å². The van der Waals surface area contributed by atoms with Crippen LogP contribution in [-0.4, -0.2) is 26.2 Å². The van der Waals surface area contributed by atoms with Gasteiger partial charge in [0.15, 0.2) is 6.61 Å². The lowest BCUT2D eigenvalue weighted by atomic mass is 10.0. The third-order valence-corrected chi connectivity index (χ3v) is 5.41. The summed E-state index contributed by atoms with van der Waals surface area (Å²) in [7, 11) is -3.90. The van der Waals surface area contributed by atoms with Crippen molar-refractivity contribution in [2.45, 2.75) is 18.0 Å². The number of alkyl halides is 3. The average Bonchev–Trinajstić information content (AvgIpc) is 2.67. The first-order chi connectivity index (χ1) is 13.7. The van der Waals surface area contributed by atoms with E-state index in [1.165, 1.54) is 36.5 Å². The first kappa shape index (κ1) is 20.7. The molecule has 0 radical (unpaired) electrons. The molecule has 0 unspecified atom stereocenters. The Morgan fingerprint density at radius 3 is 2.41 bits per heavy atom. The second-order valence-electron chi connectivity index (χ2n) is 6.22. The van der Waals surface area contributed by atoms with Gasteiger partial charge < -0.3 is 4.74 Å². The van der Waals surface area contributed by atoms with Crippen molar-refractivity contribution in [1.29, 1.82) is 0 Å². The van der Waals surface area contributed by atoms with Crippen molar-refractivity contribution in [3.8, 4) is 16.9 Å². The van der Waals surface area contributed by atoms with Crippen LogP contribution in [0.25, 0.3) is 11.1 Å². The number of hydrogen-bond donors (Lipinski definition) is 1. The van der Waals surface area contributed by atoms with E-state index in [1.807, 2.05) is 0 Å². The number of ether oxygens (including phenoxy) is 1. The van der Waals surface area contributed by atoms with Crippen LogP contribution in [-0.2, 0) is 10.0 Å². The lowest BCUT2D eigenvalue weighted by Crippen LogP contribution is -2.19. The maximum Gasteiger partial charge on any atom is 0.422 e. The average molecular weight is 422 g/mol. The predicted octanol–water partition coefficient (Wildman–Crippen LogP) is 4.80. The van der Waals surface area contributed by atoms with Crippen LogP contribution in [0, 0.1) is 6.92 Å². The fraction of sp³-hybridized carbons (Fsp3) is 0.150. The molecule has 0 aliphatic carbocycles. The van der Waals surface area contributed by atoms with Crippen LogP contribution < -0.4 is 9.46 Å². The minimum atomic E-state index is -4.54. The van der Waals surface area contributed by atoms with Gasteiger partial charge in [-0.15, -0.1) is 0 Å². The molecule has 0 aliphatic heterocycles. The van der Waals surface area contributed by atoms with Gasteiger partial charge in [-0.25, -0.2) is 8.42 Å². The van der Waals surface area contributed by atoms with E-state index < -0.39 is 22.8 Å².